The molecule has 0 radical (unpaired) electrons. The van der Waals surface area contributed by atoms with Crippen molar-refractivity contribution in [2.45, 2.75) is 20.0 Å². The third-order valence-electron chi connectivity index (χ3n) is 4.60. The molecule has 128 valence electrons. The number of phenols is 1. The van der Waals surface area contributed by atoms with Crippen LogP contribution in [0.2, 0.25) is 0 Å². The van der Waals surface area contributed by atoms with E-state index in [0.717, 1.165) is 42.0 Å². The minimum absolute atomic E-state index is 0.208. The number of ether oxygens (including phenoxy) is 1. The summed E-state index contributed by atoms with van der Waals surface area (Å²) < 4.78 is 5.83. The maximum absolute atomic E-state index is 10.5. The Hall–Kier alpha value is -2.79. The number of phenolic OH excluding ortho intramolecular Hbond substituents is 1. The molecule has 4 rings (SSSR count). The zero-order chi connectivity index (χ0) is 17.2. The van der Waals surface area contributed by atoms with Gasteiger partial charge in [0.25, 0.3) is 0 Å². The Morgan fingerprint density at radius 2 is 2.16 bits per heavy atom. The fraction of sp³-hybridized carbons (Fsp3) is 0.250. The van der Waals surface area contributed by atoms with E-state index in [1.54, 1.807) is 12.4 Å². The summed E-state index contributed by atoms with van der Waals surface area (Å²) in [6.45, 7) is 4.93. The molecule has 2 aromatic carbocycles. The number of rotatable bonds is 3. The van der Waals surface area contributed by atoms with Crippen LogP contribution in [0.15, 0.2) is 48.9 Å². The number of aromatic amines is 1. The highest BCUT2D eigenvalue weighted by molar-refractivity contribution is 5.71. The first-order chi connectivity index (χ1) is 12.2. The summed E-state index contributed by atoms with van der Waals surface area (Å²) in [6.07, 6.45) is 3.54. The van der Waals surface area contributed by atoms with Gasteiger partial charge in [0.2, 0.25) is 0 Å². The van der Waals surface area contributed by atoms with Crippen LogP contribution in [0.1, 0.15) is 16.8 Å². The number of nitrogens with zero attached hydrogens (tertiary/aromatic N) is 2. The lowest BCUT2D eigenvalue weighted by atomic mass is 9.98. The van der Waals surface area contributed by atoms with Crippen LogP contribution in [-0.4, -0.2) is 33.1 Å². The molecule has 2 heterocycles. The summed E-state index contributed by atoms with van der Waals surface area (Å²) in [5, 5.41) is 10.5. The first kappa shape index (κ1) is 15.7. The van der Waals surface area contributed by atoms with E-state index in [0.29, 0.717) is 12.4 Å². The third kappa shape index (κ3) is 3.23. The van der Waals surface area contributed by atoms with Gasteiger partial charge in [-0.1, -0.05) is 24.3 Å². The fourth-order valence-corrected chi connectivity index (χ4v) is 3.35. The average Bonchev–Trinajstić information content (AvgIpc) is 3.01. The standard InChI is InChI=1S/C20H21N3O2/c1-14-4-2-3-5-18(14)15-8-16-11-23(12-17-10-21-13-22-17)6-7-25-20(16)19(24)9-15/h2-5,8-10,13,24H,6-7,11-12H2,1H3,(H,21,22). The fourth-order valence-electron chi connectivity index (χ4n) is 3.35. The van der Waals surface area contributed by atoms with Crippen molar-refractivity contribution in [3.8, 4) is 22.6 Å². The lowest BCUT2D eigenvalue weighted by Crippen LogP contribution is -2.25. The van der Waals surface area contributed by atoms with Gasteiger partial charge in [-0.25, -0.2) is 4.98 Å². The van der Waals surface area contributed by atoms with E-state index in [9.17, 15) is 5.11 Å². The summed E-state index contributed by atoms with van der Waals surface area (Å²) in [7, 11) is 0. The van der Waals surface area contributed by atoms with Crippen molar-refractivity contribution in [2.24, 2.45) is 0 Å². The Labute approximate surface area is 146 Å². The maximum Gasteiger partial charge on any atom is 0.165 e. The first-order valence-corrected chi connectivity index (χ1v) is 8.45. The molecule has 25 heavy (non-hydrogen) atoms. The number of aryl methyl sites for hydroxylation is 1. The average molecular weight is 335 g/mol. The summed E-state index contributed by atoms with van der Waals surface area (Å²) in [4.78, 5) is 9.51. The number of imidazole rings is 1. The van der Waals surface area contributed by atoms with E-state index in [4.69, 9.17) is 4.74 Å². The largest absolute Gasteiger partial charge is 0.504 e. The van der Waals surface area contributed by atoms with Crippen LogP contribution in [0.25, 0.3) is 11.1 Å². The van der Waals surface area contributed by atoms with Crippen molar-refractivity contribution in [3.05, 3.63) is 65.7 Å². The van der Waals surface area contributed by atoms with Gasteiger partial charge >= 0.3 is 0 Å². The molecular formula is C20H21N3O2. The molecular weight excluding hydrogens is 314 g/mol. The first-order valence-electron chi connectivity index (χ1n) is 8.45. The molecule has 0 amide bonds. The predicted octanol–water partition coefficient (Wildman–Crippen LogP) is 3.49. The van der Waals surface area contributed by atoms with Crippen molar-refractivity contribution in [1.29, 1.82) is 0 Å². The van der Waals surface area contributed by atoms with Crippen LogP contribution in [-0.2, 0) is 13.1 Å². The Balaban J connectivity index is 1.68. The lowest BCUT2D eigenvalue weighted by Gasteiger charge is -2.18. The van der Waals surface area contributed by atoms with Crippen LogP contribution in [0.5, 0.6) is 11.5 Å². The normalized spacial score (nSPS) is 14.6. The predicted molar refractivity (Wildman–Crippen MR) is 96.5 cm³/mol. The number of fused-ring (bicyclic) bond motifs is 1. The van der Waals surface area contributed by atoms with Crippen molar-refractivity contribution < 1.29 is 9.84 Å². The molecule has 0 spiro atoms. The summed E-state index contributed by atoms with van der Waals surface area (Å²) in [6, 6.07) is 12.1. The zero-order valence-corrected chi connectivity index (χ0v) is 14.2. The van der Waals surface area contributed by atoms with E-state index in [1.165, 1.54) is 5.56 Å². The molecule has 1 aliphatic heterocycles. The van der Waals surface area contributed by atoms with Gasteiger partial charge in [-0.05, 0) is 35.7 Å². The Morgan fingerprint density at radius 3 is 2.96 bits per heavy atom. The van der Waals surface area contributed by atoms with Crippen molar-refractivity contribution in [2.75, 3.05) is 13.2 Å². The van der Waals surface area contributed by atoms with E-state index >= 15 is 0 Å². The highest BCUT2D eigenvalue weighted by Gasteiger charge is 2.20. The minimum atomic E-state index is 0.208. The molecule has 0 saturated heterocycles. The molecule has 0 unspecified atom stereocenters. The summed E-state index contributed by atoms with van der Waals surface area (Å²) in [5.41, 5.74) is 5.41. The lowest BCUT2D eigenvalue weighted by molar-refractivity contribution is 0.215. The Kier molecular flexibility index (Phi) is 4.15. The van der Waals surface area contributed by atoms with Gasteiger partial charge in [0.15, 0.2) is 11.5 Å². The molecule has 5 nitrogen and oxygen atoms in total. The monoisotopic (exact) mass is 335 g/mol. The number of benzene rings is 2. The Bertz CT molecular complexity index is 875. The van der Waals surface area contributed by atoms with Gasteiger partial charge < -0.3 is 14.8 Å². The number of nitrogens with one attached hydrogen (secondary N) is 1. The quantitative estimate of drug-likeness (QED) is 0.769. The molecule has 0 aliphatic carbocycles. The number of hydrogen-bond donors (Lipinski definition) is 2. The topological polar surface area (TPSA) is 61.4 Å². The van der Waals surface area contributed by atoms with E-state index < -0.39 is 0 Å². The van der Waals surface area contributed by atoms with Gasteiger partial charge in [-0.3, -0.25) is 4.90 Å². The maximum atomic E-state index is 10.5. The van der Waals surface area contributed by atoms with Crippen LogP contribution in [0.3, 0.4) is 0 Å². The van der Waals surface area contributed by atoms with E-state index in [-0.39, 0.29) is 5.75 Å². The molecule has 3 aromatic rings. The van der Waals surface area contributed by atoms with Gasteiger partial charge in [-0.15, -0.1) is 0 Å². The number of aromatic hydroxyl groups is 1. The second-order valence-electron chi connectivity index (χ2n) is 6.43. The van der Waals surface area contributed by atoms with Crippen molar-refractivity contribution in [1.82, 2.24) is 14.9 Å². The molecule has 1 aromatic heterocycles. The van der Waals surface area contributed by atoms with Gasteiger partial charge in [0.1, 0.15) is 6.61 Å². The van der Waals surface area contributed by atoms with Gasteiger partial charge in [0, 0.05) is 37.1 Å². The zero-order valence-electron chi connectivity index (χ0n) is 14.2. The SMILES string of the molecule is Cc1ccccc1-c1cc(O)c2c(c1)CN(Cc1cnc[nH]1)CCO2. The molecule has 2 N–H and O–H groups in total. The summed E-state index contributed by atoms with van der Waals surface area (Å²) in [5.74, 6) is 0.809. The minimum Gasteiger partial charge on any atom is -0.504 e. The Morgan fingerprint density at radius 1 is 1.28 bits per heavy atom. The van der Waals surface area contributed by atoms with Crippen molar-refractivity contribution in [3.63, 3.8) is 0 Å². The molecule has 5 heteroatoms. The van der Waals surface area contributed by atoms with Gasteiger partial charge in [0.05, 0.1) is 6.33 Å². The van der Waals surface area contributed by atoms with Crippen LogP contribution in [0.4, 0.5) is 0 Å². The smallest absolute Gasteiger partial charge is 0.165 e. The highest BCUT2D eigenvalue weighted by Crippen LogP contribution is 2.38. The second-order valence-corrected chi connectivity index (χ2v) is 6.43. The summed E-state index contributed by atoms with van der Waals surface area (Å²) >= 11 is 0. The van der Waals surface area contributed by atoms with Crippen LogP contribution < -0.4 is 4.74 Å². The molecule has 0 atom stereocenters. The molecule has 0 fully saturated rings. The number of H-pyrrole nitrogens is 1. The molecule has 1 aliphatic rings. The van der Waals surface area contributed by atoms with Crippen molar-refractivity contribution >= 4 is 0 Å². The van der Waals surface area contributed by atoms with E-state index in [1.807, 2.05) is 18.3 Å². The van der Waals surface area contributed by atoms with Crippen LogP contribution >= 0.6 is 0 Å². The second kappa shape index (κ2) is 6.61. The highest BCUT2D eigenvalue weighted by atomic mass is 16.5. The molecule has 0 bridgehead atoms. The number of aromatic nitrogens is 2. The van der Waals surface area contributed by atoms with Crippen LogP contribution in [0, 0.1) is 6.92 Å². The van der Waals surface area contributed by atoms with Gasteiger partial charge in [-0.2, -0.15) is 0 Å². The van der Waals surface area contributed by atoms with E-state index in [2.05, 4.69) is 40.0 Å². The molecule has 0 saturated carbocycles. The third-order valence-corrected chi connectivity index (χ3v) is 4.60. The number of hydrogen-bond acceptors (Lipinski definition) is 4.